The molecule has 0 saturated heterocycles. The zero-order valence-electron chi connectivity index (χ0n) is 15.6. The van der Waals surface area contributed by atoms with E-state index in [9.17, 15) is 19.5 Å². The molecular weight excluding hydrogens is 368 g/mol. The molecular formula is C19H20N2O7. The van der Waals surface area contributed by atoms with Crippen molar-refractivity contribution in [2.75, 3.05) is 26.6 Å². The fourth-order valence-corrected chi connectivity index (χ4v) is 2.33. The minimum atomic E-state index is -0.929. The molecule has 0 heterocycles. The van der Waals surface area contributed by atoms with Crippen LogP contribution >= 0.6 is 0 Å². The first-order chi connectivity index (χ1) is 13.4. The fraction of sp³-hybridized carbons (Fsp3) is 0.211. The molecule has 28 heavy (non-hydrogen) atoms. The fourth-order valence-electron chi connectivity index (χ4n) is 2.33. The summed E-state index contributed by atoms with van der Waals surface area (Å²) in [4.78, 5) is 35.6. The second-order valence-corrected chi connectivity index (χ2v) is 5.55. The van der Waals surface area contributed by atoms with Gasteiger partial charge in [-0.05, 0) is 35.9 Å². The Kier molecular flexibility index (Phi) is 6.80. The highest BCUT2D eigenvalue weighted by molar-refractivity contribution is 6.39. The van der Waals surface area contributed by atoms with Gasteiger partial charge in [-0.25, -0.2) is 4.79 Å². The van der Waals surface area contributed by atoms with Crippen LogP contribution in [-0.2, 0) is 20.9 Å². The Hall–Kier alpha value is -3.75. The van der Waals surface area contributed by atoms with Crippen LogP contribution in [0.3, 0.4) is 0 Å². The Morgan fingerprint density at radius 1 is 0.929 bits per heavy atom. The van der Waals surface area contributed by atoms with Crippen molar-refractivity contribution < 1.29 is 33.7 Å². The summed E-state index contributed by atoms with van der Waals surface area (Å²) in [5.41, 5.74) is 0.729. The summed E-state index contributed by atoms with van der Waals surface area (Å²) >= 11 is 0. The van der Waals surface area contributed by atoms with E-state index in [0.717, 1.165) is 7.11 Å². The van der Waals surface area contributed by atoms with E-state index in [4.69, 9.17) is 9.47 Å². The normalized spacial score (nSPS) is 9.96. The molecule has 0 bridgehead atoms. The number of esters is 1. The largest absolute Gasteiger partial charge is 0.507 e. The SMILES string of the molecule is COC(=O)c1cc(NC(=O)C(=O)NCc2ccc(OC)c(OC)c2)ccc1O. The third-order valence-electron chi connectivity index (χ3n) is 3.77. The average Bonchev–Trinajstić information content (AvgIpc) is 2.72. The molecule has 2 aromatic carbocycles. The van der Waals surface area contributed by atoms with Crippen molar-refractivity contribution in [1.29, 1.82) is 0 Å². The minimum Gasteiger partial charge on any atom is -0.507 e. The van der Waals surface area contributed by atoms with Crippen LogP contribution in [0.5, 0.6) is 17.2 Å². The van der Waals surface area contributed by atoms with E-state index in [-0.39, 0.29) is 23.5 Å². The molecule has 148 valence electrons. The van der Waals surface area contributed by atoms with Crippen LogP contribution in [0.4, 0.5) is 5.69 Å². The van der Waals surface area contributed by atoms with Crippen LogP contribution in [0.25, 0.3) is 0 Å². The Labute approximate surface area is 161 Å². The van der Waals surface area contributed by atoms with Crippen molar-refractivity contribution in [1.82, 2.24) is 5.32 Å². The lowest BCUT2D eigenvalue weighted by atomic mass is 10.1. The van der Waals surface area contributed by atoms with Crippen molar-refractivity contribution in [3.63, 3.8) is 0 Å². The lowest BCUT2D eigenvalue weighted by Gasteiger charge is -2.11. The third-order valence-corrected chi connectivity index (χ3v) is 3.77. The summed E-state index contributed by atoms with van der Waals surface area (Å²) in [6.07, 6.45) is 0. The molecule has 0 aromatic heterocycles. The maximum absolute atomic E-state index is 12.0. The van der Waals surface area contributed by atoms with Gasteiger partial charge in [-0.1, -0.05) is 6.07 Å². The first-order valence-corrected chi connectivity index (χ1v) is 8.11. The van der Waals surface area contributed by atoms with Crippen molar-refractivity contribution >= 4 is 23.5 Å². The summed E-state index contributed by atoms with van der Waals surface area (Å²) in [5.74, 6) is -1.83. The predicted octanol–water partition coefficient (Wildman–Crippen LogP) is 1.45. The van der Waals surface area contributed by atoms with Crippen LogP contribution < -0.4 is 20.1 Å². The van der Waals surface area contributed by atoms with Crippen molar-refractivity contribution in [3.05, 3.63) is 47.5 Å². The van der Waals surface area contributed by atoms with Crippen molar-refractivity contribution in [2.24, 2.45) is 0 Å². The molecule has 0 unspecified atom stereocenters. The lowest BCUT2D eigenvalue weighted by molar-refractivity contribution is -0.136. The zero-order chi connectivity index (χ0) is 20.7. The maximum atomic E-state index is 12.0. The number of phenols is 1. The topological polar surface area (TPSA) is 123 Å². The Morgan fingerprint density at radius 3 is 2.29 bits per heavy atom. The summed E-state index contributed by atoms with van der Waals surface area (Å²) in [6.45, 7) is 0.0929. The molecule has 0 aliphatic rings. The van der Waals surface area contributed by atoms with Gasteiger partial charge in [0.2, 0.25) is 0 Å². The van der Waals surface area contributed by atoms with E-state index in [1.165, 1.54) is 32.4 Å². The van der Waals surface area contributed by atoms with Gasteiger partial charge < -0.3 is 30.0 Å². The van der Waals surface area contributed by atoms with Crippen LogP contribution in [-0.4, -0.2) is 44.2 Å². The van der Waals surface area contributed by atoms with Gasteiger partial charge in [0.1, 0.15) is 11.3 Å². The number of rotatable bonds is 6. The molecule has 2 amide bonds. The lowest BCUT2D eigenvalue weighted by Crippen LogP contribution is -2.35. The number of hydrogen-bond donors (Lipinski definition) is 3. The molecule has 0 saturated carbocycles. The van der Waals surface area contributed by atoms with E-state index in [1.54, 1.807) is 18.2 Å². The maximum Gasteiger partial charge on any atom is 0.341 e. The third kappa shape index (κ3) is 4.91. The number of phenolic OH excluding ortho intramolecular Hbond substituents is 1. The highest BCUT2D eigenvalue weighted by Crippen LogP contribution is 2.27. The number of ether oxygens (including phenoxy) is 3. The standard InChI is InChI=1S/C19H20N2O7/c1-26-15-7-4-11(8-16(15)27-2)10-20-17(23)18(24)21-12-5-6-14(22)13(9-12)19(25)28-3/h4-9,22H,10H2,1-3H3,(H,20,23)(H,21,24). The average molecular weight is 388 g/mol. The van der Waals surface area contributed by atoms with Crippen LogP contribution in [0.2, 0.25) is 0 Å². The Bertz CT molecular complexity index is 896. The number of methoxy groups -OCH3 is 3. The molecule has 2 rings (SSSR count). The van der Waals surface area contributed by atoms with Gasteiger partial charge >= 0.3 is 17.8 Å². The van der Waals surface area contributed by atoms with Gasteiger partial charge in [-0.2, -0.15) is 0 Å². The van der Waals surface area contributed by atoms with Gasteiger partial charge in [-0.3, -0.25) is 9.59 Å². The number of aromatic hydroxyl groups is 1. The quantitative estimate of drug-likeness (QED) is 0.389. The number of nitrogens with one attached hydrogen (secondary N) is 2. The van der Waals surface area contributed by atoms with E-state index < -0.39 is 17.8 Å². The number of hydrogen-bond acceptors (Lipinski definition) is 7. The van der Waals surface area contributed by atoms with Gasteiger partial charge in [0, 0.05) is 12.2 Å². The highest BCUT2D eigenvalue weighted by atomic mass is 16.5. The monoisotopic (exact) mass is 388 g/mol. The zero-order valence-corrected chi connectivity index (χ0v) is 15.6. The molecule has 9 heteroatoms. The second kappa shape index (κ2) is 9.26. The Morgan fingerprint density at radius 2 is 1.64 bits per heavy atom. The second-order valence-electron chi connectivity index (χ2n) is 5.55. The molecule has 0 aliphatic carbocycles. The van der Waals surface area contributed by atoms with Crippen LogP contribution in [0.15, 0.2) is 36.4 Å². The first-order valence-electron chi connectivity index (χ1n) is 8.11. The van der Waals surface area contributed by atoms with Crippen molar-refractivity contribution in [3.8, 4) is 17.2 Å². The van der Waals surface area contributed by atoms with Crippen LogP contribution in [0, 0.1) is 0 Å². The molecule has 0 aliphatic heterocycles. The number of carbonyl (C=O) groups is 3. The smallest absolute Gasteiger partial charge is 0.341 e. The highest BCUT2D eigenvalue weighted by Gasteiger charge is 2.17. The van der Waals surface area contributed by atoms with E-state index >= 15 is 0 Å². The number of benzene rings is 2. The summed E-state index contributed by atoms with van der Waals surface area (Å²) in [7, 11) is 4.17. The molecule has 9 nitrogen and oxygen atoms in total. The number of anilines is 1. The van der Waals surface area contributed by atoms with Gasteiger partial charge in [0.15, 0.2) is 11.5 Å². The van der Waals surface area contributed by atoms with E-state index in [0.29, 0.717) is 17.1 Å². The Balaban J connectivity index is 2.00. The molecule has 0 spiro atoms. The number of carbonyl (C=O) groups excluding carboxylic acids is 3. The van der Waals surface area contributed by atoms with E-state index in [2.05, 4.69) is 15.4 Å². The molecule has 2 aromatic rings. The minimum absolute atomic E-state index is 0.0929. The molecule has 0 radical (unpaired) electrons. The summed E-state index contributed by atoms with van der Waals surface area (Å²) in [5, 5.41) is 14.5. The van der Waals surface area contributed by atoms with Gasteiger partial charge in [0.25, 0.3) is 0 Å². The molecule has 0 atom stereocenters. The summed E-state index contributed by atoms with van der Waals surface area (Å²) in [6, 6.07) is 8.86. The number of amides is 2. The predicted molar refractivity (Wildman–Crippen MR) is 99.5 cm³/mol. The molecule has 3 N–H and O–H groups in total. The van der Waals surface area contributed by atoms with Gasteiger partial charge in [-0.15, -0.1) is 0 Å². The first kappa shape index (κ1) is 20.6. The van der Waals surface area contributed by atoms with Gasteiger partial charge in [0.05, 0.1) is 21.3 Å². The van der Waals surface area contributed by atoms with Crippen LogP contribution in [0.1, 0.15) is 15.9 Å². The van der Waals surface area contributed by atoms with E-state index in [1.807, 2.05) is 0 Å². The summed E-state index contributed by atoms with van der Waals surface area (Å²) < 4.78 is 14.9. The van der Waals surface area contributed by atoms with Crippen molar-refractivity contribution in [2.45, 2.75) is 6.54 Å². The molecule has 0 fully saturated rings.